The summed E-state index contributed by atoms with van der Waals surface area (Å²) in [7, 11) is -14.5. The molecule has 0 bridgehead atoms. The predicted molar refractivity (Wildman–Crippen MR) is 495 cm³/mol. The van der Waals surface area contributed by atoms with E-state index in [1.165, 1.54) is 65.3 Å². The van der Waals surface area contributed by atoms with Crippen LogP contribution in [-0.4, -0.2) is 64.6 Å². The summed E-state index contributed by atoms with van der Waals surface area (Å²) >= 11 is 0. The van der Waals surface area contributed by atoms with Gasteiger partial charge in [-0.15, -0.1) is 34.0 Å². The highest BCUT2D eigenvalue weighted by atomic mass is 79.9. The summed E-state index contributed by atoms with van der Waals surface area (Å²) in [6.07, 6.45) is 7.35. The molecular formula is C88H148Br2N2Si8. The van der Waals surface area contributed by atoms with Crippen LogP contribution in [-0.2, 0) is 0 Å². The van der Waals surface area contributed by atoms with Crippen LogP contribution in [0.15, 0.2) is 97.1 Å². The molecule has 0 heterocycles. The summed E-state index contributed by atoms with van der Waals surface area (Å²) in [5.41, 5.74) is 25.5. The Labute approximate surface area is 645 Å². The van der Waals surface area contributed by atoms with E-state index in [4.69, 9.17) is 11.5 Å². The van der Waals surface area contributed by atoms with Gasteiger partial charge in [-0.2, -0.15) is 0 Å². The van der Waals surface area contributed by atoms with Crippen molar-refractivity contribution in [3.05, 3.63) is 130 Å². The van der Waals surface area contributed by atoms with E-state index in [0.29, 0.717) is 0 Å². The molecule has 0 radical (unpaired) electrons. The quantitative estimate of drug-likeness (QED) is 0.106. The Morgan fingerprint density at radius 1 is 0.270 bits per heavy atom. The van der Waals surface area contributed by atoms with Crippen LogP contribution in [0.2, 0.25) is 145 Å². The van der Waals surface area contributed by atoms with E-state index in [-0.39, 0.29) is 86.1 Å². The van der Waals surface area contributed by atoms with Gasteiger partial charge in [-0.3, -0.25) is 0 Å². The van der Waals surface area contributed by atoms with E-state index >= 15 is 0 Å². The Morgan fingerprint density at radius 3 is 0.720 bits per heavy atom. The number of anilines is 2. The predicted octanol–water partition coefficient (Wildman–Crippen LogP) is 26.2. The molecule has 0 unspecified atom stereocenters. The summed E-state index contributed by atoms with van der Waals surface area (Å²) < 4.78 is 0. The zero-order valence-electron chi connectivity index (χ0n) is 71.8. The van der Waals surface area contributed by atoms with Crippen molar-refractivity contribution in [2.24, 2.45) is 0 Å². The highest BCUT2D eigenvalue weighted by Gasteiger charge is 2.49. The average molecular weight is 1620 g/mol. The zero-order valence-corrected chi connectivity index (χ0v) is 83.2. The summed E-state index contributed by atoms with van der Waals surface area (Å²) in [4.78, 5) is 0. The maximum atomic E-state index is 7.38. The minimum atomic E-state index is -1.92. The van der Waals surface area contributed by atoms with Crippen molar-refractivity contribution in [2.75, 3.05) is 11.5 Å². The van der Waals surface area contributed by atoms with Gasteiger partial charge in [-0.1, -0.05) is 387 Å². The first-order valence-corrected chi connectivity index (χ1v) is 62.0. The van der Waals surface area contributed by atoms with Gasteiger partial charge in [0, 0.05) is 23.2 Å². The average Bonchev–Trinajstić information content (AvgIpc) is 0.726. The number of hydrogen-bond donors (Lipinski definition) is 2. The molecule has 0 spiro atoms. The number of halogens is 2. The van der Waals surface area contributed by atoms with Gasteiger partial charge in [-0.05, 0) is 131 Å². The summed E-state index contributed by atoms with van der Waals surface area (Å²) in [5.74, 6) is 0.485. The number of rotatable bonds is 10. The molecule has 6 aromatic carbocycles. The van der Waals surface area contributed by atoms with Crippen LogP contribution in [0.25, 0.3) is 31.9 Å². The second-order valence-electron chi connectivity index (χ2n) is 43.8. The van der Waals surface area contributed by atoms with Crippen LogP contribution in [0.1, 0.15) is 224 Å². The Hall–Kier alpha value is -2.38. The normalized spacial score (nSPS) is 17.0. The minimum absolute atomic E-state index is 0. The lowest BCUT2D eigenvalue weighted by molar-refractivity contribution is 0.727. The summed E-state index contributed by atoms with van der Waals surface area (Å²) in [6.45, 7) is 99.9. The molecule has 8 rings (SSSR count). The molecule has 0 fully saturated rings. The molecule has 12 heteroatoms. The van der Waals surface area contributed by atoms with Crippen LogP contribution in [0.4, 0.5) is 11.4 Å². The molecule has 0 saturated heterocycles. The lowest BCUT2D eigenvalue weighted by Crippen LogP contribution is -2.51. The van der Waals surface area contributed by atoms with Crippen LogP contribution >= 0.6 is 34.0 Å². The highest BCUT2D eigenvalue weighted by Crippen LogP contribution is 2.55. The maximum absolute atomic E-state index is 7.38. The molecule has 4 N–H and O–H groups in total. The Morgan fingerprint density at radius 2 is 0.490 bits per heavy atom. The van der Waals surface area contributed by atoms with Crippen molar-refractivity contribution in [3.63, 3.8) is 0 Å². The SMILES string of the molecule is Br.Br.CC(C)(C)[Si](C)(C)C1=CC[C@@H](c2c(N)cc([Si](C)(C)C(C)(C)C)c3cc([Si](C)(C)C(C)(C)C)ccc23)c2ccc([Si](C)(C)C(C)(C)C)cc21.CC(C)(C)[Si](C)(C)C1=CC[C@@H](c2c(N)cc([Si](C)(C)C(C)(C)C)c3cc([Si](C)(C)C(C)(C)C)ccc23)c2ccc([Si](C)(C)C(C)(C)C)cc21. The number of benzene rings is 6. The molecule has 6 aromatic rings. The Bertz CT molecular complexity index is 3830. The van der Waals surface area contributed by atoms with Gasteiger partial charge in [0.15, 0.2) is 0 Å². The van der Waals surface area contributed by atoms with Crippen molar-refractivity contribution in [3.8, 4) is 0 Å². The zero-order chi connectivity index (χ0) is 75.4. The third kappa shape index (κ3) is 15.4. The van der Waals surface area contributed by atoms with Crippen LogP contribution in [0.3, 0.4) is 0 Å². The molecule has 0 saturated carbocycles. The Balaban J connectivity index is 0.000000353. The van der Waals surface area contributed by atoms with Crippen molar-refractivity contribution in [1.29, 1.82) is 0 Å². The van der Waals surface area contributed by atoms with Gasteiger partial charge in [0.2, 0.25) is 0 Å². The standard InChI is InChI=1S/2C44H73NSi4.2BrH/c2*1-41(2,3)46(13,14)30-21-23-32-33(25-26-38(35(32)27-30)48(17,18)43(7,8)9)40-34-24-22-31(47(15,16)42(4,5)6)28-36(34)39(29-37(40)45)49(19,20)44(10,11)12;;/h2*21-24,26-29,33H,25,45H2,1-20H3;2*1H/t2*33-;;/m11../s1. The fourth-order valence-electron chi connectivity index (χ4n) is 14.5. The number of nitrogens with two attached hydrogens (primary N) is 2. The van der Waals surface area contributed by atoms with Gasteiger partial charge in [0.05, 0.1) is 64.6 Å². The molecule has 2 atom stereocenters. The molecular weight excluding hydrogens is 1470 g/mol. The number of nitrogen functional groups attached to an aromatic ring is 2. The van der Waals surface area contributed by atoms with Crippen LogP contribution in [0.5, 0.6) is 0 Å². The first-order chi connectivity index (χ1) is 43.6. The van der Waals surface area contributed by atoms with Gasteiger partial charge < -0.3 is 11.5 Å². The smallest absolute Gasteiger partial charge is 0.0868 e. The van der Waals surface area contributed by atoms with Gasteiger partial charge in [0.1, 0.15) is 0 Å². The van der Waals surface area contributed by atoms with E-state index in [0.717, 1.165) is 24.2 Å². The van der Waals surface area contributed by atoms with Gasteiger partial charge in [-0.25, -0.2) is 0 Å². The topological polar surface area (TPSA) is 52.0 Å². The number of allylic oxidation sites excluding steroid dienone is 2. The van der Waals surface area contributed by atoms with Crippen LogP contribution < -0.4 is 42.6 Å². The van der Waals surface area contributed by atoms with Crippen molar-refractivity contribution in [2.45, 2.75) is 336 Å². The highest BCUT2D eigenvalue weighted by molar-refractivity contribution is 8.93. The third-order valence-electron chi connectivity index (χ3n) is 30.3. The number of hydrogen-bond acceptors (Lipinski definition) is 2. The maximum Gasteiger partial charge on any atom is 0.0868 e. The third-order valence-corrected chi connectivity index (χ3v) is 74.4. The van der Waals surface area contributed by atoms with Gasteiger partial charge in [0.25, 0.3) is 0 Å². The monoisotopic (exact) mass is 1610 g/mol. The number of fused-ring (bicyclic) bond motifs is 4. The van der Waals surface area contributed by atoms with Crippen molar-refractivity contribution >= 4 is 173 Å². The minimum Gasteiger partial charge on any atom is -0.398 e. The summed E-state index contributed by atoms with van der Waals surface area (Å²) in [6, 6.07) is 35.5. The second-order valence-corrected chi connectivity index (χ2v) is 86.3. The molecule has 0 aromatic heterocycles. The molecule has 2 aliphatic carbocycles. The van der Waals surface area contributed by atoms with E-state index in [1.54, 1.807) is 31.1 Å². The van der Waals surface area contributed by atoms with Crippen LogP contribution in [0, 0.1) is 0 Å². The fourth-order valence-corrected chi connectivity index (χ4v) is 31.1. The first kappa shape index (κ1) is 88.2. The molecule has 2 aliphatic rings. The van der Waals surface area contributed by atoms with E-state index in [9.17, 15) is 0 Å². The van der Waals surface area contributed by atoms with Crippen molar-refractivity contribution < 1.29 is 0 Å². The second kappa shape index (κ2) is 28.0. The largest absolute Gasteiger partial charge is 0.398 e. The molecule has 100 heavy (non-hydrogen) atoms. The van der Waals surface area contributed by atoms with E-state index in [1.807, 2.05) is 0 Å². The molecule has 0 aliphatic heterocycles. The lowest BCUT2D eigenvalue weighted by Gasteiger charge is -2.44. The molecule has 0 amide bonds. The molecule has 556 valence electrons. The lowest BCUT2D eigenvalue weighted by atomic mass is 9.79. The molecule has 2 nitrogen and oxygen atoms in total. The summed E-state index contributed by atoms with van der Waals surface area (Å²) in [5, 5.41) is 20.3. The van der Waals surface area contributed by atoms with E-state index < -0.39 is 64.6 Å². The van der Waals surface area contributed by atoms with E-state index in [2.05, 4.69) is 368 Å². The fraction of sp³-hybridized carbons (Fsp3) is 0.591. The van der Waals surface area contributed by atoms with Gasteiger partial charge >= 0.3 is 0 Å². The Kier molecular flexibility index (Phi) is 24.7. The van der Waals surface area contributed by atoms with Crippen molar-refractivity contribution in [1.82, 2.24) is 0 Å². The first-order valence-electron chi connectivity index (χ1n) is 38.0.